The highest BCUT2D eigenvalue weighted by Gasteiger charge is 2.58. The lowest BCUT2D eigenvalue weighted by Gasteiger charge is -2.62. The summed E-state index contributed by atoms with van der Waals surface area (Å²) in [5, 5.41) is 3.88. The molecule has 8 unspecified atom stereocenters. The van der Waals surface area contributed by atoms with Crippen LogP contribution in [-0.2, 0) is 19.1 Å². The summed E-state index contributed by atoms with van der Waals surface area (Å²) in [6.45, 7) is 8.95. The maximum absolute atomic E-state index is 14.1. The average Bonchev–Trinajstić information content (AvgIpc) is 3.01. The third kappa shape index (κ3) is 5.50. The van der Waals surface area contributed by atoms with Gasteiger partial charge in [-0.3, -0.25) is 14.5 Å². The molecule has 3 saturated carbocycles. The molecule has 0 aromatic carbocycles. The lowest BCUT2D eigenvalue weighted by Crippen LogP contribution is -2.72. The Morgan fingerprint density at radius 1 is 0.951 bits per heavy atom. The number of hydrogen-bond acceptors (Lipinski definition) is 8. The molecule has 9 nitrogen and oxygen atoms in total. The Balaban J connectivity index is 1.12. The molecular formula is C32H51N5O4. The predicted octanol–water partition coefficient (Wildman–Crippen LogP) is 1.72. The van der Waals surface area contributed by atoms with Crippen LogP contribution in [-0.4, -0.2) is 134 Å². The maximum Gasteiger partial charge on any atom is 0.259 e. The van der Waals surface area contributed by atoms with E-state index in [0.717, 1.165) is 84.1 Å². The van der Waals surface area contributed by atoms with E-state index < -0.39 is 0 Å². The lowest BCUT2D eigenvalue weighted by atomic mass is 9.63. The fourth-order valence-corrected chi connectivity index (χ4v) is 9.39. The van der Waals surface area contributed by atoms with Crippen LogP contribution in [0, 0.1) is 17.8 Å². The average molecular weight is 570 g/mol. The molecule has 7 rings (SSSR count). The minimum absolute atomic E-state index is 0.000912. The van der Waals surface area contributed by atoms with Crippen molar-refractivity contribution in [1.82, 2.24) is 24.9 Å². The van der Waals surface area contributed by atoms with Crippen molar-refractivity contribution in [3.63, 3.8) is 0 Å². The molecule has 7 aliphatic rings. The summed E-state index contributed by atoms with van der Waals surface area (Å²) in [5.41, 5.74) is 0.449. The van der Waals surface area contributed by atoms with Gasteiger partial charge in [-0.2, -0.15) is 0 Å². The molecule has 0 aromatic rings. The van der Waals surface area contributed by atoms with Crippen LogP contribution in [0.4, 0.5) is 0 Å². The summed E-state index contributed by atoms with van der Waals surface area (Å²) in [5.74, 6) is 1.25. The number of piperazine rings is 1. The van der Waals surface area contributed by atoms with E-state index in [-0.39, 0.29) is 41.9 Å². The highest BCUT2D eigenvalue weighted by molar-refractivity contribution is 6.20. The number of carbonyl (C=O) groups is 2. The molecule has 228 valence electrons. The van der Waals surface area contributed by atoms with Gasteiger partial charge in [0.15, 0.2) is 5.78 Å². The normalized spacial score (nSPS) is 39.9. The Bertz CT molecular complexity index is 993. The number of rotatable bonds is 6. The van der Waals surface area contributed by atoms with Crippen molar-refractivity contribution in [2.75, 3.05) is 72.6 Å². The second-order valence-electron chi connectivity index (χ2n) is 13.9. The summed E-state index contributed by atoms with van der Waals surface area (Å²) < 4.78 is 12.6. The zero-order chi connectivity index (χ0) is 27.9. The number of ether oxygens (including phenoxy) is 2. The Morgan fingerprint density at radius 2 is 1.76 bits per heavy atom. The molecule has 0 bridgehead atoms. The summed E-state index contributed by atoms with van der Waals surface area (Å²) in [4.78, 5) is 37.2. The molecule has 41 heavy (non-hydrogen) atoms. The van der Waals surface area contributed by atoms with Gasteiger partial charge in [-0.1, -0.05) is 19.3 Å². The summed E-state index contributed by atoms with van der Waals surface area (Å²) in [6, 6.07) is 0.588. The number of nitrogens with one attached hydrogen (secondary N) is 1. The van der Waals surface area contributed by atoms with Gasteiger partial charge in [-0.15, -0.1) is 0 Å². The van der Waals surface area contributed by atoms with Crippen molar-refractivity contribution in [2.24, 2.45) is 17.8 Å². The van der Waals surface area contributed by atoms with Crippen LogP contribution in [0.25, 0.3) is 0 Å². The molecule has 9 heteroatoms. The third-order valence-corrected chi connectivity index (χ3v) is 11.6. The van der Waals surface area contributed by atoms with Gasteiger partial charge in [-0.05, 0) is 70.5 Å². The SMILES string of the molecule is CN1CCN(C(=O)C2=CN3C4C(CCC5CCCCC54)OC4C(NCCCN5CCOCC5)CCC(C2=O)C43)CC1. The molecule has 3 aliphatic carbocycles. The van der Waals surface area contributed by atoms with Crippen LogP contribution in [0.3, 0.4) is 0 Å². The Morgan fingerprint density at radius 3 is 2.59 bits per heavy atom. The fourth-order valence-electron chi connectivity index (χ4n) is 9.39. The van der Waals surface area contributed by atoms with Gasteiger partial charge in [0.2, 0.25) is 0 Å². The molecule has 4 heterocycles. The van der Waals surface area contributed by atoms with E-state index in [2.05, 4.69) is 33.3 Å². The van der Waals surface area contributed by atoms with Crippen molar-refractivity contribution in [2.45, 2.75) is 88.1 Å². The van der Waals surface area contributed by atoms with Gasteiger partial charge in [-0.25, -0.2) is 0 Å². The van der Waals surface area contributed by atoms with E-state index >= 15 is 0 Å². The standard InChI is InChI=1S/C32H51N5O4/c1-34-13-15-36(16-14-34)32(39)25-21-37-28-23-6-3-2-5-22(23)7-10-27(28)41-31-26(9-8-24(29(31)37)30(25)38)33-11-4-12-35-17-19-40-20-18-35/h21-24,26-29,31,33H,2-20H2,1H3. The first-order chi connectivity index (χ1) is 20.1. The van der Waals surface area contributed by atoms with Crippen LogP contribution in [0.5, 0.6) is 0 Å². The number of amides is 1. The van der Waals surface area contributed by atoms with E-state index in [0.29, 0.717) is 30.6 Å². The Labute approximate surface area is 245 Å². The van der Waals surface area contributed by atoms with Crippen molar-refractivity contribution < 1.29 is 19.1 Å². The van der Waals surface area contributed by atoms with Crippen molar-refractivity contribution >= 4 is 11.7 Å². The van der Waals surface area contributed by atoms with Crippen molar-refractivity contribution in [3.8, 4) is 0 Å². The van der Waals surface area contributed by atoms with Crippen molar-refractivity contribution in [3.05, 3.63) is 11.8 Å². The van der Waals surface area contributed by atoms with E-state index in [1.807, 2.05) is 4.90 Å². The number of likely N-dealkylation sites (N-methyl/N-ethyl adjacent to an activating group) is 1. The van der Waals surface area contributed by atoms with Gasteiger partial charge in [0, 0.05) is 57.4 Å². The highest BCUT2D eigenvalue weighted by atomic mass is 16.5. The monoisotopic (exact) mass is 569 g/mol. The highest BCUT2D eigenvalue weighted by Crippen LogP contribution is 2.50. The van der Waals surface area contributed by atoms with Crippen LogP contribution in [0.15, 0.2) is 11.8 Å². The zero-order valence-corrected chi connectivity index (χ0v) is 25.1. The summed E-state index contributed by atoms with van der Waals surface area (Å²) in [7, 11) is 2.10. The Hall–Kier alpha value is -1.52. The molecule has 6 fully saturated rings. The fraction of sp³-hybridized carbons (Fsp3) is 0.875. The first-order valence-corrected chi connectivity index (χ1v) is 16.8. The van der Waals surface area contributed by atoms with E-state index in [9.17, 15) is 9.59 Å². The summed E-state index contributed by atoms with van der Waals surface area (Å²) in [6.07, 6.45) is 12.7. The van der Waals surface area contributed by atoms with Crippen LogP contribution in [0.1, 0.15) is 57.8 Å². The molecule has 0 aromatic heterocycles. The van der Waals surface area contributed by atoms with Crippen LogP contribution in [0.2, 0.25) is 0 Å². The van der Waals surface area contributed by atoms with Gasteiger partial charge in [0.1, 0.15) is 0 Å². The smallest absolute Gasteiger partial charge is 0.259 e. The van der Waals surface area contributed by atoms with E-state index in [4.69, 9.17) is 9.47 Å². The second kappa shape index (κ2) is 12.2. The zero-order valence-electron chi connectivity index (χ0n) is 25.1. The van der Waals surface area contributed by atoms with Crippen molar-refractivity contribution in [1.29, 1.82) is 0 Å². The number of nitrogens with zero attached hydrogens (tertiary/aromatic N) is 4. The number of morpholine rings is 2. The predicted molar refractivity (Wildman–Crippen MR) is 156 cm³/mol. The summed E-state index contributed by atoms with van der Waals surface area (Å²) >= 11 is 0. The quantitative estimate of drug-likeness (QED) is 0.383. The van der Waals surface area contributed by atoms with Gasteiger partial charge < -0.3 is 29.5 Å². The Kier molecular flexibility index (Phi) is 8.43. The van der Waals surface area contributed by atoms with Gasteiger partial charge in [0.05, 0.1) is 43.1 Å². The number of Topliss-reactive ketones (excluding diaryl/α,β-unsaturated/α-hetero) is 1. The minimum Gasteiger partial charge on any atom is -0.379 e. The number of hydrogen-bond donors (Lipinski definition) is 1. The maximum atomic E-state index is 14.1. The topological polar surface area (TPSA) is 77.6 Å². The van der Waals surface area contributed by atoms with E-state index in [1.165, 1.54) is 32.1 Å². The molecule has 4 aliphatic heterocycles. The first-order valence-electron chi connectivity index (χ1n) is 16.8. The molecular weight excluding hydrogens is 518 g/mol. The number of fused-ring (bicyclic) bond motifs is 4. The first kappa shape index (κ1) is 28.3. The molecule has 8 atom stereocenters. The van der Waals surface area contributed by atoms with Gasteiger partial charge in [0.25, 0.3) is 5.91 Å². The minimum atomic E-state index is -0.146. The molecule has 3 saturated heterocycles. The van der Waals surface area contributed by atoms with E-state index in [1.54, 1.807) is 0 Å². The van der Waals surface area contributed by atoms with Crippen LogP contribution < -0.4 is 5.32 Å². The number of ketones is 1. The van der Waals surface area contributed by atoms with Crippen LogP contribution >= 0.6 is 0 Å². The lowest BCUT2D eigenvalue weighted by molar-refractivity contribution is -0.207. The molecule has 0 spiro atoms. The largest absolute Gasteiger partial charge is 0.379 e. The third-order valence-electron chi connectivity index (χ3n) is 11.6. The molecule has 0 radical (unpaired) electrons. The molecule has 1 N–H and O–H groups in total. The van der Waals surface area contributed by atoms with Gasteiger partial charge >= 0.3 is 0 Å². The molecule has 1 amide bonds. The second-order valence-corrected chi connectivity index (χ2v) is 13.9. The number of carbonyl (C=O) groups excluding carboxylic acids is 2.